The summed E-state index contributed by atoms with van der Waals surface area (Å²) in [6, 6.07) is 0.590. The number of hydrogen-bond acceptors (Lipinski definition) is 3. The third kappa shape index (κ3) is 2.62. The zero-order valence-electron chi connectivity index (χ0n) is 10.1. The minimum Gasteiger partial charge on any atom is -0.381 e. The van der Waals surface area contributed by atoms with Crippen molar-refractivity contribution in [1.82, 2.24) is 14.9 Å². The molecule has 1 aromatic rings. The minimum atomic E-state index is 0.448. The SMILES string of the molecule is CCn1ccnc1CNC1CCC(OC)C1. The zero-order valence-corrected chi connectivity index (χ0v) is 10.1. The first-order valence-electron chi connectivity index (χ1n) is 6.09. The van der Waals surface area contributed by atoms with Crippen LogP contribution in [-0.2, 0) is 17.8 Å². The Balaban J connectivity index is 1.80. The lowest BCUT2D eigenvalue weighted by molar-refractivity contribution is 0.107. The van der Waals surface area contributed by atoms with Gasteiger partial charge in [-0.1, -0.05) is 0 Å². The van der Waals surface area contributed by atoms with Crippen LogP contribution in [0.1, 0.15) is 32.0 Å². The second-order valence-corrected chi connectivity index (χ2v) is 4.38. The van der Waals surface area contributed by atoms with Gasteiger partial charge in [0, 0.05) is 32.1 Å². The maximum atomic E-state index is 5.36. The highest BCUT2D eigenvalue weighted by molar-refractivity contribution is 4.93. The molecule has 2 rings (SSSR count). The molecule has 1 heterocycles. The van der Waals surface area contributed by atoms with E-state index in [0.717, 1.165) is 25.3 Å². The Morgan fingerprint density at radius 1 is 1.56 bits per heavy atom. The summed E-state index contributed by atoms with van der Waals surface area (Å²) in [6.45, 7) is 3.99. The van der Waals surface area contributed by atoms with Gasteiger partial charge in [-0.25, -0.2) is 4.98 Å². The standard InChI is InChI=1S/C12H21N3O/c1-3-15-7-6-13-12(15)9-14-10-4-5-11(8-10)16-2/h6-7,10-11,14H,3-5,8-9H2,1-2H3. The van der Waals surface area contributed by atoms with E-state index < -0.39 is 0 Å². The van der Waals surface area contributed by atoms with Gasteiger partial charge in [0.05, 0.1) is 12.6 Å². The maximum Gasteiger partial charge on any atom is 0.122 e. The molecule has 0 amide bonds. The average molecular weight is 223 g/mol. The number of hydrogen-bond donors (Lipinski definition) is 1. The van der Waals surface area contributed by atoms with Crippen molar-refractivity contribution in [2.45, 2.75) is 51.4 Å². The van der Waals surface area contributed by atoms with Gasteiger partial charge in [0.15, 0.2) is 0 Å². The van der Waals surface area contributed by atoms with Gasteiger partial charge in [-0.3, -0.25) is 0 Å². The van der Waals surface area contributed by atoms with Crippen LogP contribution in [0.5, 0.6) is 0 Å². The zero-order chi connectivity index (χ0) is 11.4. The van der Waals surface area contributed by atoms with E-state index in [9.17, 15) is 0 Å². The van der Waals surface area contributed by atoms with E-state index in [1.807, 2.05) is 12.4 Å². The van der Waals surface area contributed by atoms with Gasteiger partial charge < -0.3 is 14.6 Å². The normalized spacial score (nSPS) is 25.1. The van der Waals surface area contributed by atoms with Crippen LogP contribution < -0.4 is 5.32 Å². The van der Waals surface area contributed by atoms with Crippen LogP contribution in [0.3, 0.4) is 0 Å². The van der Waals surface area contributed by atoms with Crippen LogP contribution in [0.25, 0.3) is 0 Å². The Morgan fingerprint density at radius 2 is 2.44 bits per heavy atom. The van der Waals surface area contributed by atoms with E-state index >= 15 is 0 Å². The molecule has 0 radical (unpaired) electrons. The highest BCUT2D eigenvalue weighted by Crippen LogP contribution is 2.21. The van der Waals surface area contributed by atoms with Gasteiger partial charge in [0.1, 0.15) is 5.82 Å². The molecule has 0 aromatic carbocycles. The second-order valence-electron chi connectivity index (χ2n) is 4.38. The second kappa shape index (κ2) is 5.46. The van der Waals surface area contributed by atoms with Gasteiger partial charge in [0.2, 0.25) is 0 Å². The summed E-state index contributed by atoms with van der Waals surface area (Å²) < 4.78 is 7.54. The van der Waals surface area contributed by atoms with Crippen molar-refractivity contribution in [3.05, 3.63) is 18.2 Å². The third-order valence-corrected chi connectivity index (χ3v) is 3.41. The Hall–Kier alpha value is -0.870. The maximum absolute atomic E-state index is 5.36. The molecule has 1 aromatic heterocycles. The van der Waals surface area contributed by atoms with Crippen molar-refractivity contribution < 1.29 is 4.74 Å². The number of rotatable bonds is 5. The van der Waals surface area contributed by atoms with Crippen molar-refractivity contribution in [3.8, 4) is 0 Å². The number of nitrogens with zero attached hydrogens (tertiary/aromatic N) is 2. The van der Waals surface area contributed by atoms with Crippen LogP contribution >= 0.6 is 0 Å². The van der Waals surface area contributed by atoms with Gasteiger partial charge in [-0.15, -0.1) is 0 Å². The lowest BCUT2D eigenvalue weighted by atomic mass is 10.2. The van der Waals surface area contributed by atoms with E-state index in [1.54, 1.807) is 7.11 Å². The summed E-state index contributed by atoms with van der Waals surface area (Å²) in [6.07, 6.45) is 7.87. The number of nitrogens with one attached hydrogen (secondary N) is 1. The summed E-state index contributed by atoms with van der Waals surface area (Å²) in [7, 11) is 1.80. The molecular formula is C12H21N3O. The molecule has 1 aliphatic rings. The van der Waals surface area contributed by atoms with E-state index in [-0.39, 0.29) is 0 Å². The molecular weight excluding hydrogens is 202 g/mol. The molecule has 4 nitrogen and oxygen atoms in total. The minimum absolute atomic E-state index is 0.448. The monoisotopic (exact) mass is 223 g/mol. The third-order valence-electron chi connectivity index (χ3n) is 3.41. The largest absolute Gasteiger partial charge is 0.381 e. The molecule has 0 bridgehead atoms. The first-order valence-corrected chi connectivity index (χ1v) is 6.09. The topological polar surface area (TPSA) is 39.1 Å². The number of aromatic nitrogens is 2. The van der Waals surface area contributed by atoms with Crippen LogP contribution in [0.4, 0.5) is 0 Å². The smallest absolute Gasteiger partial charge is 0.122 e. The fourth-order valence-electron chi connectivity index (χ4n) is 2.37. The van der Waals surface area contributed by atoms with Gasteiger partial charge >= 0.3 is 0 Å². The van der Waals surface area contributed by atoms with Crippen LogP contribution in [0, 0.1) is 0 Å². The van der Waals surface area contributed by atoms with Crippen molar-refractivity contribution in [2.75, 3.05) is 7.11 Å². The molecule has 16 heavy (non-hydrogen) atoms. The quantitative estimate of drug-likeness (QED) is 0.823. The Bertz CT molecular complexity index is 324. The highest BCUT2D eigenvalue weighted by Gasteiger charge is 2.23. The molecule has 1 saturated carbocycles. The number of ether oxygens (including phenoxy) is 1. The first-order chi connectivity index (χ1) is 7.83. The van der Waals surface area contributed by atoms with Crippen LogP contribution in [0.2, 0.25) is 0 Å². The van der Waals surface area contributed by atoms with Gasteiger partial charge in [-0.05, 0) is 26.2 Å². The van der Waals surface area contributed by atoms with E-state index in [0.29, 0.717) is 12.1 Å². The molecule has 1 N–H and O–H groups in total. The number of imidazole rings is 1. The molecule has 1 aliphatic carbocycles. The molecule has 0 spiro atoms. The summed E-state index contributed by atoms with van der Waals surface area (Å²) in [5, 5.41) is 3.56. The Kier molecular flexibility index (Phi) is 3.96. The van der Waals surface area contributed by atoms with E-state index in [4.69, 9.17) is 4.74 Å². The van der Waals surface area contributed by atoms with E-state index in [1.165, 1.54) is 12.8 Å². The Morgan fingerprint density at radius 3 is 3.12 bits per heavy atom. The molecule has 4 heteroatoms. The molecule has 90 valence electrons. The fourth-order valence-corrected chi connectivity index (χ4v) is 2.37. The summed E-state index contributed by atoms with van der Waals surface area (Å²) in [5.74, 6) is 1.13. The van der Waals surface area contributed by atoms with Crippen molar-refractivity contribution in [2.24, 2.45) is 0 Å². The van der Waals surface area contributed by atoms with Gasteiger partial charge in [-0.2, -0.15) is 0 Å². The average Bonchev–Trinajstić information content (AvgIpc) is 2.94. The highest BCUT2D eigenvalue weighted by atomic mass is 16.5. The molecule has 0 saturated heterocycles. The van der Waals surface area contributed by atoms with Crippen LogP contribution in [0.15, 0.2) is 12.4 Å². The lowest BCUT2D eigenvalue weighted by Gasteiger charge is -2.13. The van der Waals surface area contributed by atoms with Crippen molar-refractivity contribution >= 4 is 0 Å². The predicted octanol–water partition coefficient (Wildman–Crippen LogP) is 1.56. The van der Waals surface area contributed by atoms with E-state index in [2.05, 4.69) is 21.8 Å². The molecule has 2 unspecified atom stereocenters. The number of methoxy groups -OCH3 is 1. The summed E-state index contributed by atoms with van der Waals surface area (Å²) in [4.78, 5) is 4.36. The Labute approximate surface area is 97.0 Å². The first kappa shape index (κ1) is 11.6. The fraction of sp³-hybridized carbons (Fsp3) is 0.750. The summed E-state index contributed by atoms with van der Waals surface area (Å²) >= 11 is 0. The van der Waals surface area contributed by atoms with Gasteiger partial charge in [0.25, 0.3) is 0 Å². The van der Waals surface area contributed by atoms with Crippen molar-refractivity contribution in [3.63, 3.8) is 0 Å². The molecule has 2 atom stereocenters. The lowest BCUT2D eigenvalue weighted by Crippen LogP contribution is -2.28. The molecule has 0 aliphatic heterocycles. The van der Waals surface area contributed by atoms with Crippen LogP contribution in [-0.4, -0.2) is 28.8 Å². The predicted molar refractivity (Wildman–Crippen MR) is 63.2 cm³/mol. The summed E-state index contributed by atoms with van der Waals surface area (Å²) in [5.41, 5.74) is 0. The molecule has 1 fully saturated rings. The number of aryl methyl sites for hydroxylation is 1. The van der Waals surface area contributed by atoms with Crippen molar-refractivity contribution in [1.29, 1.82) is 0 Å².